The maximum absolute atomic E-state index is 5.91. The third-order valence-electron chi connectivity index (χ3n) is 1.50. The molecule has 0 heterocycles. The standard InChI is InChI=1S/C8H10ClNS/c1-11-8-4-2-3-7(9)6(8)5-10/h2-4H,5,10H2,1H3. The summed E-state index contributed by atoms with van der Waals surface area (Å²) < 4.78 is 0. The Morgan fingerprint density at radius 1 is 1.55 bits per heavy atom. The van der Waals surface area contributed by atoms with Gasteiger partial charge in [0.1, 0.15) is 0 Å². The van der Waals surface area contributed by atoms with Gasteiger partial charge in [0.15, 0.2) is 0 Å². The van der Waals surface area contributed by atoms with Crippen LogP contribution in [0.3, 0.4) is 0 Å². The summed E-state index contributed by atoms with van der Waals surface area (Å²) in [4.78, 5) is 1.17. The molecule has 0 aliphatic carbocycles. The molecule has 1 aromatic carbocycles. The number of nitrogens with two attached hydrogens (primary N) is 1. The Labute approximate surface area is 75.9 Å². The van der Waals surface area contributed by atoms with E-state index >= 15 is 0 Å². The SMILES string of the molecule is CSc1cccc(Cl)c1CN. The van der Waals surface area contributed by atoms with Gasteiger partial charge in [0, 0.05) is 16.5 Å². The van der Waals surface area contributed by atoms with Crippen LogP contribution in [0.15, 0.2) is 23.1 Å². The van der Waals surface area contributed by atoms with Gasteiger partial charge in [-0.15, -0.1) is 11.8 Å². The van der Waals surface area contributed by atoms with Gasteiger partial charge in [0.2, 0.25) is 0 Å². The quantitative estimate of drug-likeness (QED) is 0.721. The molecular weight excluding hydrogens is 178 g/mol. The van der Waals surface area contributed by atoms with Crippen molar-refractivity contribution in [3.05, 3.63) is 28.8 Å². The van der Waals surface area contributed by atoms with E-state index in [4.69, 9.17) is 17.3 Å². The number of hydrogen-bond donors (Lipinski definition) is 1. The predicted octanol–water partition coefficient (Wildman–Crippen LogP) is 2.52. The summed E-state index contributed by atoms with van der Waals surface area (Å²) in [6.45, 7) is 0.510. The van der Waals surface area contributed by atoms with E-state index in [9.17, 15) is 0 Å². The molecule has 60 valence electrons. The van der Waals surface area contributed by atoms with Crippen LogP contribution in [0.5, 0.6) is 0 Å². The summed E-state index contributed by atoms with van der Waals surface area (Å²) >= 11 is 7.58. The van der Waals surface area contributed by atoms with Crippen molar-refractivity contribution in [1.82, 2.24) is 0 Å². The van der Waals surface area contributed by atoms with E-state index in [0.717, 1.165) is 10.6 Å². The number of rotatable bonds is 2. The first-order valence-electron chi connectivity index (χ1n) is 3.31. The van der Waals surface area contributed by atoms with Crippen molar-refractivity contribution >= 4 is 23.4 Å². The molecule has 0 bridgehead atoms. The van der Waals surface area contributed by atoms with Crippen molar-refractivity contribution in [2.45, 2.75) is 11.4 Å². The molecule has 0 aliphatic rings. The Balaban J connectivity index is 3.13. The molecule has 0 amide bonds. The molecule has 1 aromatic rings. The fraction of sp³-hybridized carbons (Fsp3) is 0.250. The molecule has 0 aromatic heterocycles. The van der Waals surface area contributed by atoms with Crippen LogP contribution in [-0.2, 0) is 6.54 Å². The second kappa shape index (κ2) is 4.00. The highest BCUT2D eigenvalue weighted by Crippen LogP contribution is 2.25. The lowest BCUT2D eigenvalue weighted by atomic mass is 10.2. The Morgan fingerprint density at radius 2 is 2.27 bits per heavy atom. The van der Waals surface area contributed by atoms with E-state index in [2.05, 4.69) is 0 Å². The number of halogens is 1. The number of hydrogen-bond acceptors (Lipinski definition) is 2. The molecule has 0 aliphatic heterocycles. The van der Waals surface area contributed by atoms with Crippen LogP contribution in [0.2, 0.25) is 5.02 Å². The third-order valence-corrected chi connectivity index (χ3v) is 2.68. The molecule has 3 heteroatoms. The zero-order chi connectivity index (χ0) is 8.27. The molecule has 0 atom stereocenters. The van der Waals surface area contributed by atoms with Gasteiger partial charge in [-0.3, -0.25) is 0 Å². The fourth-order valence-corrected chi connectivity index (χ4v) is 1.89. The first-order chi connectivity index (χ1) is 5.29. The van der Waals surface area contributed by atoms with Gasteiger partial charge in [-0.05, 0) is 24.0 Å². The highest BCUT2D eigenvalue weighted by Gasteiger charge is 2.02. The third kappa shape index (κ3) is 1.89. The minimum absolute atomic E-state index is 0.510. The van der Waals surface area contributed by atoms with E-state index in [1.807, 2.05) is 24.5 Å². The van der Waals surface area contributed by atoms with E-state index < -0.39 is 0 Å². The molecule has 1 rings (SSSR count). The predicted molar refractivity (Wildman–Crippen MR) is 51.1 cm³/mol. The minimum Gasteiger partial charge on any atom is -0.326 e. The van der Waals surface area contributed by atoms with Gasteiger partial charge >= 0.3 is 0 Å². The van der Waals surface area contributed by atoms with Gasteiger partial charge in [-0.1, -0.05) is 17.7 Å². The van der Waals surface area contributed by atoms with Crippen molar-refractivity contribution in [2.24, 2.45) is 5.73 Å². The van der Waals surface area contributed by atoms with Gasteiger partial charge in [-0.2, -0.15) is 0 Å². The fourth-order valence-electron chi connectivity index (χ4n) is 0.928. The van der Waals surface area contributed by atoms with Gasteiger partial charge in [0.05, 0.1) is 0 Å². The number of benzene rings is 1. The molecular formula is C8H10ClNS. The first-order valence-corrected chi connectivity index (χ1v) is 4.91. The lowest BCUT2D eigenvalue weighted by molar-refractivity contribution is 1.03. The average molecular weight is 188 g/mol. The molecule has 0 saturated heterocycles. The van der Waals surface area contributed by atoms with E-state index in [1.165, 1.54) is 4.90 Å². The van der Waals surface area contributed by atoms with Crippen LogP contribution in [0.25, 0.3) is 0 Å². The average Bonchev–Trinajstić information content (AvgIpc) is 2.04. The molecule has 0 unspecified atom stereocenters. The molecule has 11 heavy (non-hydrogen) atoms. The van der Waals surface area contributed by atoms with Crippen molar-refractivity contribution < 1.29 is 0 Å². The van der Waals surface area contributed by atoms with Gasteiger partial charge < -0.3 is 5.73 Å². The second-order valence-electron chi connectivity index (χ2n) is 2.12. The molecule has 2 N–H and O–H groups in total. The number of thioether (sulfide) groups is 1. The van der Waals surface area contributed by atoms with E-state index in [1.54, 1.807) is 11.8 Å². The van der Waals surface area contributed by atoms with Crippen LogP contribution in [0.1, 0.15) is 5.56 Å². The van der Waals surface area contributed by atoms with Crippen LogP contribution < -0.4 is 5.73 Å². The van der Waals surface area contributed by atoms with Crippen LogP contribution in [0.4, 0.5) is 0 Å². The Kier molecular flexibility index (Phi) is 3.24. The smallest absolute Gasteiger partial charge is 0.0462 e. The monoisotopic (exact) mass is 187 g/mol. The molecule has 0 spiro atoms. The normalized spacial score (nSPS) is 10.1. The van der Waals surface area contributed by atoms with Crippen molar-refractivity contribution in [3.8, 4) is 0 Å². The Hall–Kier alpha value is -0.180. The van der Waals surface area contributed by atoms with Crippen molar-refractivity contribution in [1.29, 1.82) is 0 Å². The zero-order valence-electron chi connectivity index (χ0n) is 6.30. The summed E-state index contributed by atoms with van der Waals surface area (Å²) in [6, 6.07) is 5.83. The second-order valence-corrected chi connectivity index (χ2v) is 3.38. The zero-order valence-corrected chi connectivity index (χ0v) is 7.88. The summed E-state index contributed by atoms with van der Waals surface area (Å²) in [5.41, 5.74) is 6.57. The Bertz CT molecular complexity index is 250. The van der Waals surface area contributed by atoms with E-state index in [0.29, 0.717) is 6.54 Å². The summed E-state index contributed by atoms with van der Waals surface area (Å²) in [5.74, 6) is 0. The topological polar surface area (TPSA) is 26.0 Å². The Morgan fingerprint density at radius 3 is 2.73 bits per heavy atom. The molecule has 0 saturated carbocycles. The van der Waals surface area contributed by atoms with Crippen molar-refractivity contribution in [3.63, 3.8) is 0 Å². The minimum atomic E-state index is 0.510. The van der Waals surface area contributed by atoms with Crippen LogP contribution in [0, 0.1) is 0 Å². The summed E-state index contributed by atoms with van der Waals surface area (Å²) in [7, 11) is 0. The largest absolute Gasteiger partial charge is 0.326 e. The molecule has 0 radical (unpaired) electrons. The van der Waals surface area contributed by atoms with Crippen molar-refractivity contribution in [2.75, 3.05) is 6.26 Å². The lowest BCUT2D eigenvalue weighted by Crippen LogP contribution is -1.98. The maximum atomic E-state index is 5.91. The van der Waals surface area contributed by atoms with E-state index in [-0.39, 0.29) is 0 Å². The van der Waals surface area contributed by atoms with Gasteiger partial charge in [0.25, 0.3) is 0 Å². The van der Waals surface area contributed by atoms with Crippen LogP contribution >= 0.6 is 23.4 Å². The molecule has 1 nitrogen and oxygen atoms in total. The summed E-state index contributed by atoms with van der Waals surface area (Å²) in [6.07, 6.45) is 2.02. The maximum Gasteiger partial charge on any atom is 0.0462 e. The molecule has 0 fully saturated rings. The lowest BCUT2D eigenvalue weighted by Gasteiger charge is -2.05. The highest BCUT2D eigenvalue weighted by atomic mass is 35.5. The van der Waals surface area contributed by atoms with Gasteiger partial charge in [-0.25, -0.2) is 0 Å². The summed E-state index contributed by atoms with van der Waals surface area (Å²) in [5, 5.41) is 0.763. The first kappa shape index (κ1) is 8.91. The van der Waals surface area contributed by atoms with Crippen LogP contribution in [-0.4, -0.2) is 6.26 Å². The highest BCUT2D eigenvalue weighted by molar-refractivity contribution is 7.98.